The van der Waals surface area contributed by atoms with Gasteiger partial charge < -0.3 is 15.2 Å². The van der Waals surface area contributed by atoms with E-state index in [1.54, 1.807) is 0 Å². The van der Waals surface area contributed by atoms with E-state index in [0.717, 1.165) is 12.8 Å². The van der Waals surface area contributed by atoms with Crippen LogP contribution in [0.3, 0.4) is 0 Å². The number of nitrogens with one attached hydrogen (secondary N) is 1. The zero-order valence-electron chi connectivity index (χ0n) is 14.9. The highest BCUT2D eigenvalue weighted by molar-refractivity contribution is 5.84. The molecule has 1 aliphatic heterocycles. The Hall–Kier alpha value is -1.39. The number of carbonyl (C=O) groups excluding carboxylic acids is 1. The van der Waals surface area contributed by atoms with Crippen molar-refractivity contribution in [2.45, 2.75) is 50.5 Å². The number of hydrogen-bond donors (Lipinski definition) is 2. The third-order valence-corrected chi connectivity index (χ3v) is 6.79. The monoisotopic (exact) mass is 343 g/mol. The second kappa shape index (κ2) is 6.73. The summed E-state index contributed by atoms with van der Waals surface area (Å²) in [5, 5.41) is 13.8. The lowest BCUT2D eigenvalue weighted by molar-refractivity contribution is -0.136. The summed E-state index contributed by atoms with van der Waals surface area (Å²) in [6, 6.07) is 10.4. The Kier molecular flexibility index (Phi) is 4.59. The number of aliphatic hydroxyl groups is 1. The molecule has 1 aromatic carbocycles. The standard InChI is InChI=1S/C21H29NO3/c23-19(22-15-20(24)8-10-25-11-9-20)21(13-16-4-2-1-3-5-16)14-17-6-7-18(21)12-17/h1-5,17-18,24H,6-15H2,(H,22,23)/t17-,18-,21+/m0/s1. The molecular weight excluding hydrogens is 314 g/mol. The number of fused-ring (bicyclic) bond motifs is 2. The van der Waals surface area contributed by atoms with E-state index in [2.05, 4.69) is 29.6 Å². The highest BCUT2D eigenvalue weighted by atomic mass is 16.5. The molecule has 25 heavy (non-hydrogen) atoms. The van der Waals surface area contributed by atoms with Crippen LogP contribution in [0.1, 0.15) is 44.1 Å². The summed E-state index contributed by atoms with van der Waals surface area (Å²) in [5.41, 5.74) is 0.153. The van der Waals surface area contributed by atoms with Crippen molar-refractivity contribution in [3.05, 3.63) is 35.9 Å². The molecule has 3 fully saturated rings. The molecule has 2 bridgehead atoms. The number of ether oxygens (including phenoxy) is 1. The van der Waals surface area contributed by atoms with Crippen LogP contribution < -0.4 is 5.32 Å². The Balaban J connectivity index is 1.49. The summed E-state index contributed by atoms with van der Waals surface area (Å²) in [5.74, 6) is 1.34. The van der Waals surface area contributed by atoms with Gasteiger partial charge in [-0.25, -0.2) is 0 Å². The van der Waals surface area contributed by atoms with Crippen LogP contribution in [0.2, 0.25) is 0 Å². The predicted octanol–water partition coefficient (Wildman–Crippen LogP) is 2.69. The molecule has 0 aromatic heterocycles. The van der Waals surface area contributed by atoms with Crippen molar-refractivity contribution in [2.24, 2.45) is 17.3 Å². The molecule has 4 nitrogen and oxygen atoms in total. The largest absolute Gasteiger partial charge is 0.388 e. The van der Waals surface area contributed by atoms with Gasteiger partial charge in [0.1, 0.15) is 0 Å². The molecule has 2 N–H and O–H groups in total. The van der Waals surface area contributed by atoms with Gasteiger partial charge in [0.25, 0.3) is 0 Å². The lowest BCUT2D eigenvalue weighted by Gasteiger charge is -2.38. The van der Waals surface area contributed by atoms with Crippen LogP contribution in [0.15, 0.2) is 30.3 Å². The maximum atomic E-state index is 13.3. The fraction of sp³-hybridized carbons (Fsp3) is 0.667. The molecule has 4 rings (SSSR count). The topological polar surface area (TPSA) is 58.6 Å². The van der Waals surface area contributed by atoms with Crippen molar-refractivity contribution in [3.8, 4) is 0 Å². The molecule has 3 aliphatic rings. The number of carbonyl (C=O) groups is 1. The first-order valence-electron chi connectivity index (χ1n) is 9.72. The molecule has 1 heterocycles. The average molecular weight is 343 g/mol. The Morgan fingerprint density at radius 3 is 2.60 bits per heavy atom. The second-order valence-electron chi connectivity index (χ2n) is 8.42. The molecule has 1 aromatic rings. The third-order valence-electron chi connectivity index (χ3n) is 6.79. The van der Waals surface area contributed by atoms with Crippen LogP contribution in [0.25, 0.3) is 0 Å². The highest BCUT2D eigenvalue weighted by Gasteiger charge is 2.55. The van der Waals surface area contributed by atoms with Gasteiger partial charge in [-0.3, -0.25) is 4.79 Å². The van der Waals surface area contributed by atoms with E-state index in [1.165, 1.54) is 24.8 Å². The average Bonchev–Trinajstić information content (AvgIpc) is 3.23. The number of benzene rings is 1. The minimum Gasteiger partial charge on any atom is -0.388 e. The molecule has 136 valence electrons. The molecule has 2 saturated carbocycles. The summed E-state index contributed by atoms with van der Waals surface area (Å²) in [4.78, 5) is 13.3. The molecule has 1 amide bonds. The van der Waals surface area contributed by atoms with Gasteiger partial charge in [-0.1, -0.05) is 36.8 Å². The van der Waals surface area contributed by atoms with Crippen molar-refractivity contribution < 1.29 is 14.6 Å². The van der Waals surface area contributed by atoms with Crippen molar-refractivity contribution in [3.63, 3.8) is 0 Å². The zero-order valence-corrected chi connectivity index (χ0v) is 14.9. The molecule has 0 unspecified atom stereocenters. The molecule has 1 saturated heterocycles. The molecule has 4 heteroatoms. The lowest BCUT2D eigenvalue weighted by atomic mass is 9.68. The Morgan fingerprint density at radius 2 is 1.96 bits per heavy atom. The Labute approximate surface area is 150 Å². The van der Waals surface area contributed by atoms with Gasteiger partial charge in [0.15, 0.2) is 0 Å². The minimum atomic E-state index is -0.806. The fourth-order valence-corrected chi connectivity index (χ4v) is 5.33. The van der Waals surface area contributed by atoms with Gasteiger partial charge in [-0.15, -0.1) is 0 Å². The van der Waals surface area contributed by atoms with E-state index in [-0.39, 0.29) is 11.3 Å². The molecule has 0 radical (unpaired) electrons. The van der Waals surface area contributed by atoms with E-state index in [9.17, 15) is 9.90 Å². The van der Waals surface area contributed by atoms with Gasteiger partial charge in [0.2, 0.25) is 5.91 Å². The molecule has 3 atom stereocenters. The number of amides is 1. The maximum Gasteiger partial charge on any atom is 0.226 e. The number of rotatable bonds is 5. The van der Waals surface area contributed by atoms with Crippen LogP contribution in [-0.4, -0.2) is 36.4 Å². The first kappa shape index (κ1) is 17.0. The quantitative estimate of drug-likeness (QED) is 0.864. The molecule has 2 aliphatic carbocycles. The van der Waals surface area contributed by atoms with E-state index in [1.807, 2.05) is 6.07 Å². The zero-order chi connectivity index (χ0) is 17.3. The van der Waals surface area contributed by atoms with Gasteiger partial charge in [-0.2, -0.15) is 0 Å². The minimum absolute atomic E-state index is 0.156. The van der Waals surface area contributed by atoms with Crippen LogP contribution in [-0.2, 0) is 16.0 Å². The van der Waals surface area contributed by atoms with Crippen LogP contribution in [0.5, 0.6) is 0 Å². The van der Waals surface area contributed by atoms with Crippen molar-refractivity contribution in [2.75, 3.05) is 19.8 Å². The molecular formula is C21H29NO3. The summed E-state index contributed by atoms with van der Waals surface area (Å²) in [7, 11) is 0. The van der Waals surface area contributed by atoms with Gasteiger partial charge in [0, 0.05) is 32.6 Å². The predicted molar refractivity (Wildman–Crippen MR) is 96.0 cm³/mol. The van der Waals surface area contributed by atoms with Crippen molar-refractivity contribution >= 4 is 5.91 Å². The van der Waals surface area contributed by atoms with Crippen LogP contribution in [0.4, 0.5) is 0 Å². The van der Waals surface area contributed by atoms with E-state index in [0.29, 0.717) is 44.4 Å². The molecule has 0 spiro atoms. The van der Waals surface area contributed by atoms with Crippen LogP contribution >= 0.6 is 0 Å². The normalized spacial score (nSPS) is 33.3. The fourth-order valence-electron chi connectivity index (χ4n) is 5.33. The highest BCUT2D eigenvalue weighted by Crippen LogP contribution is 2.57. The van der Waals surface area contributed by atoms with E-state index < -0.39 is 5.60 Å². The second-order valence-corrected chi connectivity index (χ2v) is 8.42. The van der Waals surface area contributed by atoms with Gasteiger partial charge in [0.05, 0.1) is 11.0 Å². The maximum absolute atomic E-state index is 13.3. The van der Waals surface area contributed by atoms with Gasteiger partial charge in [-0.05, 0) is 43.1 Å². The summed E-state index contributed by atoms with van der Waals surface area (Å²) in [6.45, 7) is 1.50. The van der Waals surface area contributed by atoms with E-state index in [4.69, 9.17) is 4.74 Å². The van der Waals surface area contributed by atoms with Gasteiger partial charge >= 0.3 is 0 Å². The Morgan fingerprint density at radius 1 is 1.20 bits per heavy atom. The summed E-state index contributed by atoms with van der Waals surface area (Å²) >= 11 is 0. The van der Waals surface area contributed by atoms with Crippen LogP contribution in [0, 0.1) is 17.3 Å². The number of hydrogen-bond acceptors (Lipinski definition) is 3. The lowest BCUT2D eigenvalue weighted by Crippen LogP contribution is -2.52. The van der Waals surface area contributed by atoms with Crippen molar-refractivity contribution in [1.29, 1.82) is 0 Å². The smallest absolute Gasteiger partial charge is 0.226 e. The van der Waals surface area contributed by atoms with E-state index >= 15 is 0 Å². The first-order valence-corrected chi connectivity index (χ1v) is 9.72. The summed E-state index contributed by atoms with van der Waals surface area (Å²) < 4.78 is 5.34. The Bertz CT molecular complexity index is 611. The SMILES string of the molecule is O=C(NCC1(O)CCOCC1)[C@]1(Cc2ccccc2)C[C@H]2CC[C@H]1C2. The third kappa shape index (κ3) is 3.34. The summed E-state index contributed by atoms with van der Waals surface area (Å²) in [6.07, 6.45) is 6.66. The first-order chi connectivity index (χ1) is 12.1. The van der Waals surface area contributed by atoms with Crippen molar-refractivity contribution in [1.82, 2.24) is 5.32 Å².